The van der Waals surface area contributed by atoms with Gasteiger partial charge in [0.15, 0.2) is 0 Å². The third-order valence-electron chi connectivity index (χ3n) is 5.72. The molecule has 8 heteroatoms. The quantitative estimate of drug-likeness (QED) is 0.553. The molecule has 0 radical (unpaired) electrons. The van der Waals surface area contributed by atoms with Crippen molar-refractivity contribution in [3.8, 4) is 0 Å². The van der Waals surface area contributed by atoms with Crippen LogP contribution in [0.2, 0.25) is 0 Å². The van der Waals surface area contributed by atoms with Crippen molar-refractivity contribution in [2.24, 2.45) is 5.92 Å². The molecule has 32 heavy (non-hydrogen) atoms. The van der Waals surface area contributed by atoms with Crippen LogP contribution in [0.5, 0.6) is 0 Å². The molecule has 4 rings (SSSR count). The highest BCUT2D eigenvalue weighted by atomic mass is 16.4. The number of nitrogens with one attached hydrogen (secondary N) is 2. The molecule has 8 nitrogen and oxygen atoms in total. The van der Waals surface area contributed by atoms with Crippen LogP contribution in [0.15, 0.2) is 61.1 Å². The summed E-state index contributed by atoms with van der Waals surface area (Å²) >= 11 is 0. The molecule has 0 fully saturated rings. The number of aromatic nitrogens is 2. The number of carboxylic acids is 1. The topological polar surface area (TPSA) is 121 Å². The zero-order valence-corrected chi connectivity index (χ0v) is 17.4. The van der Waals surface area contributed by atoms with Crippen molar-refractivity contribution in [3.05, 3.63) is 89.0 Å². The number of rotatable bonds is 6. The van der Waals surface area contributed by atoms with Gasteiger partial charge in [0.05, 0.1) is 17.4 Å². The van der Waals surface area contributed by atoms with Gasteiger partial charge in [-0.3, -0.25) is 14.6 Å². The van der Waals surface area contributed by atoms with Crippen molar-refractivity contribution in [1.29, 1.82) is 0 Å². The average Bonchev–Trinajstić information content (AvgIpc) is 2.82. The fourth-order valence-electron chi connectivity index (χ4n) is 3.80. The molecule has 0 aliphatic carbocycles. The van der Waals surface area contributed by atoms with Gasteiger partial charge >= 0.3 is 5.97 Å². The Bertz CT molecular complexity index is 1160. The summed E-state index contributed by atoms with van der Waals surface area (Å²) < 4.78 is 0. The number of carbonyl (C=O) groups is 3. The van der Waals surface area contributed by atoms with Crippen LogP contribution < -0.4 is 10.6 Å². The monoisotopic (exact) mass is 430 g/mol. The molecular weight excluding hydrogens is 408 g/mol. The normalized spacial score (nSPS) is 15.9. The second kappa shape index (κ2) is 8.97. The molecule has 0 bridgehead atoms. The number of carbonyl (C=O) groups excluding carboxylic acids is 2. The Hall–Kier alpha value is -4.07. The Morgan fingerprint density at radius 2 is 2.00 bits per heavy atom. The molecule has 3 heterocycles. The molecule has 3 N–H and O–H groups in total. The fraction of sp³-hybridized carbons (Fsp3) is 0.208. The smallest absolute Gasteiger partial charge is 0.335 e. The Balaban J connectivity index is 1.49. The molecule has 2 aromatic heterocycles. The van der Waals surface area contributed by atoms with Crippen LogP contribution in [0.25, 0.3) is 0 Å². The first kappa shape index (κ1) is 21.2. The van der Waals surface area contributed by atoms with Crippen LogP contribution in [0.4, 0.5) is 5.69 Å². The summed E-state index contributed by atoms with van der Waals surface area (Å²) in [7, 11) is 0. The van der Waals surface area contributed by atoms with Crippen molar-refractivity contribution in [3.63, 3.8) is 0 Å². The first-order chi connectivity index (χ1) is 15.4. The Labute approximate surface area is 184 Å². The minimum Gasteiger partial charge on any atom is -0.478 e. The lowest BCUT2D eigenvalue weighted by Gasteiger charge is -2.29. The molecule has 1 aromatic carbocycles. The van der Waals surface area contributed by atoms with Crippen LogP contribution in [-0.4, -0.2) is 32.9 Å². The summed E-state index contributed by atoms with van der Waals surface area (Å²) in [6.07, 6.45) is 5.32. The molecule has 3 aromatic rings. The summed E-state index contributed by atoms with van der Waals surface area (Å²) in [4.78, 5) is 44.6. The highest BCUT2D eigenvalue weighted by Crippen LogP contribution is 2.34. The van der Waals surface area contributed by atoms with Crippen molar-refractivity contribution in [1.82, 2.24) is 15.3 Å². The molecule has 162 valence electrons. The van der Waals surface area contributed by atoms with E-state index in [-0.39, 0.29) is 34.9 Å². The van der Waals surface area contributed by atoms with Crippen molar-refractivity contribution < 1.29 is 19.5 Å². The van der Waals surface area contributed by atoms with E-state index in [9.17, 15) is 14.4 Å². The maximum absolute atomic E-state index is 12.7. The first-order valence-electron chi connectivity index (χ1n) is 10.2. The molecule has 0 spiro atoms. The summed E-state index contributed by atoms with van der Waals surface area (Å²) in [6, 6.07) is 11.9. The lowest BCUT2D eigenvalue weighted by atomic mass is 9.80. The van der Waals surface area contributed by atoms with E-state index in [4.69, 9.17) is 5.11 Å². The number of aromatic carboxylic acids is 1. The van der Waals surface area contributed by atoms with Gasteiger partial charge in [0.2, 0.25) is 5.91 Å². The Kier molecular flexibility index (Phi) is 5.93. The maximum atomic E-state index is 12.7. The molecule has 2 atom stereocenters. The fourth-order valence-corrected chi connectivity index (χ4v) is 3.80. The van der Waals surface area contributed by atoms with E-state index in [1.807, 2.05) is 13.0 Å². The van der Waals surface area contributed by atoms with Crippen molar-refractivity contribution in [2.45, 2.75) is 25.8 Å². The maximum Gasteiger partial charge on any atom is 0.335 e. The predicted octanol–water partition coefficient (Wildman–Crippen LogP) is 3.02. The number of benzene rings is 1. The minimum absolute atomic E-state index is 0.122. The summed E-state index contributed by atoms with van der Waals surface area (Å²) in [5.41, 5.74) is 3.68. The van der Waals surface area contributed by atoms with E-state index in [1.165, 1.54) is 18.3 Å². The Morgan fingerprint density at radius 3 is 2.69 bits per heavy atom. The standard InChI is InChI=1S/C24H22N4O4/c1-14(16-4-6-17(7-5-16)24(31)32)19-9-18-10-20(26-13-21(18)28-22(19)29)23(30)27-12-15-3-2-8-25-11-15/h2-8,10-11,13-14,19H,9,12H2,1H3,(H,27,30)(H,28,29)(H,31,32). The van der Waals surface area contributed by atoms with E-state index >= 15 is 0 Å². The van der Waals surface area contributed by atoms with Gasteiger partial charge in [-0.05, 0) is 53.3 Å². The third kappa shape index (κ3) is 4.49. The number of hydrogen-bond acceptors (Lipinski definition) is 5. The summed E-state index contributed by atoms with van der Waals surface area (Å²) in [5, 5.41) is 14.8. The predicted molar refractivity (Wildman–Crippen MR) is 117 cm³/mol. The zero-order valence-electron chi connectivity index (χ0n) is 17.4. The van der Waals surface area contributed by atoms with E-state index in [0.29, 0.717) is 18.7 Å². The van der Waals surface area contributed by atoms with E-state index in [2.05, 4.69) is 20.6 Å². The number of fused-ring (bicyclic) bond motifs is 1. The van der Waals surface area contributed by atoms with Crippen LogP contribution >= 0.6 is 0 Å². The van der Waals surface area contributed by atoms with Gasteiger partial charge in [0, 0.05) is 24.9 Å². The van der Waals surface area contributed by atoms with E-state index in [1.54, 1.807) is 36.7 Å². The van der Waals surface area contributed by atoms with E-state index in [0.717, 1.165) is 16.7 Å². The number of amides is 2. The van der Waals surface area contributed by atoms with E-state index < -0.39 is 5.97 Å². The van der Waals surface area contributed by atoms with Gasteiger partial charge in [-0.25, -0.2) is 9.78 Å². The largest absolute Gasteiger partial charge is 0.478 e. The van der Waals surface area contributed by atoms with Crippen LogP contribution in [-0.2, 0) is 17.8 Å². The van der Waals surface area contributed by atoms with Gasteiger partial charge < -0.3 is 15.7 Å². The number of pyridine rings is 2. The summed E-state index contributed by atoms with van der Waals surface area (Å²) in [5.74, 6) is -1.91. The number of anilines is 1. The zero-order chi connectivity index (χ0) is 22.7. The molecule has 1 aliphatic heterocycles. The van der Waals surface area contributed by atoms with Gasteiger partial charge in [-0.15, -0.1) is 0 Å². The van der Waals surface area contributed by atoms with Gasteiger partial charge in [-0.2, -0.15) is 0 Å². The number of hydrogen-bond donors (Lipinski definition) is 3. The minimum atomic E-state index is -0.990. The van der Waals surface area contributed by atoms with Gasteiger partial charge in [-0.1, -0.05) is 25.1 Å². The first-order valence-corrected chi connectivity index (χ1v) is 10.2. The lowest BCUT2D eigenvalue weighted by Crippen LogP contribution is -2.34. The van der Waals surface area contributed by atoms with Crippen molar-refractivity contribution in [2.75, 3.05) is 5.32 Å². The molecule has 0 saturated heterocycles. The molecular formula is C24H22N4O4. The highest BCUT2D eigenvalue weighted by molar-refractivity contribution is 5.98. The number of nitrogens with zero attached hydrogens (tertiary/aromatic N) is 2. The van der Waals surface area contributed by atoms with Gasteiger partial charge in [0.1, 0.15) is 5.69 Å². The number of carboxylic acid groups (broad SMARTS) is 1. The average molecular weight is 430 g/mol. The molecule has 2 unspecified atom stereocenters. The summed E-state index contributed by atoms with van der Waals surface area (Å²) in [6.45, 7) is 2.28. The molecule has 0 saturated carbocycles. The lowest BCUT2D eigenvalue weighted by molar-refractivity contribution is -0.120. The third-order valence-corrected chi connectivity index (χ3v) is 5.72. The Morgan fingerprint density at radius 1 is 1.22 bits per heavy atom. The van der Waals surface area contributed by atoms with Crippen LogP contribution in [0.3, 0.4) is 0 Å². The molecule has 2 amide bonds. The SMILES string of the molecule is CC(c1ccc(C(=O)O)cc1)C1Cc2cc(C(=O)NCc3cccnc3)ncc2NC1=O. The van der Waals surface area contributed by atoms with Crippen LogP contribution in [0.1, 0.15) is 50.4 Å². The second-order valence-electron chi connectivity index (χ2n) is 7.79. The highest BCUT2D eigenvalue weighted by Gasteiger charge is 2.32. The molecule has 1 aliphatic rings. The van der Waals surface area contributed by atoms with Crippen LogP contribution in [0, 0.1) is 5.92 Å². The van der Waals surface area contributed by atoms with Gasteiger partial charge in [0.25, 0.3) is 5.91 Å². The van der Waals surface area contributed by atoms with Crippen molar-refractivity contribution >= 4 is 23.5 Å². The second-order valence-corrected chi connectivity index (χ2v) is 7.79.